The third-order valence-electron chi connectivity index (χ3n) is 8.44. The number of hydrogen-bond donors (Lipinski definition) is 4. The number of anilines is 1. The maximum Gasteiger partial charge on any atom is 0.411 e. The summed E-state index contributed by atoms with van der Waals surface area (Å²) in [6.45, 7) is 4.04. The second-order valence-electron chi connectivity index (χ2n) is 10.6. The van der Waals surface area contributed by atoms with E-state index in [4.69, 9.17) is 9.15 Å². The van der Waals surface area contributed by atoms with Crippen molar-refractivity contribution in [3.05, 3.63) is 54.2 Å². The molecule has 0 aliphatic heterocycles. The van der Waals surface area contributed by atoms with Gasteiger partial charge in [-0.2, -0.15) is 0 Å². The molecule has 0 saturated heterocycles. The van der Waals surface area contributed by atoms with E-state index in [0.717, 1.165) is 0 Å². The molecule has 0 bridgehead atoms. The number of carbonyl (C=O) groups is 2. The second kappa shape index (κ2) is 10.6. The lowest BCUT2D eigenvalue weighted by Gasteiger charge is -2.60. The molecule has 6 atom stereocenters. The van der Waals surface area contributed by atoms with Crippen molar-refractivity contribution < 1.29 is 33.3 Å². The Hall–Kier alpha value is -2.91. The van der Waals surface area contributed by atoms with E-state index in [1.54, 1.807) is 24.5 Å². The van der Waals surface area contributed by atoms with Gasteiger partial charge in [0.05, 0.1) is 25.5 Å². The fourth-order valence-electron chi connectivity index (χ4n) is 6.49. The van der Waals surface area contributed by atoms with Crippen LogP contribution in [0.4, 0.5) is 14.9 Å². The number of aliphatic hydroxyl groups excluding tert-OH is 2. The molecule has 196 valence electrons. The van der Waals surface area contributed by atoms with Gasteiger partial charge < -0.3 is 24.7 Å². The van der Waals surface area contributed by atoms with Crippen molar-refractivity contribution in [3.8, 4) is 0 Å². The lowest BCUT2D eigenvalue weighted by Crippen LogP contribution is -2.61. The standard InChI is InChI=1S/C27H35FN2O6/c1-26-11-10-23(36-25(34)30-18-6-3-5-17(28)13-18)27(2,16-31)22(26)9-8-21(32)20(26)14-24(33)29-15-19-7-4-12-35-19/h3-7,12-13,20-23,31-32H,8-11,14-16H2,1-2H3,(H,29,33)(H,30,34)/t20-,21-,22?,23-,26+,27+/m1/s1. The van der Waals surface area contributed by atoms with Crippen molar-refractivity contribution in [2.45, 2.75) is 64.7 Å². The van der Waals surface area contributed by atoms with Gasteiger partial charge in [0.2, 0.25) is 5.91 Å². The third-order valence-corrected chi connectivity index (χ3v) is 8.44. The normalized spacial score (nSPS) is 31.8. The molecule has 4 N–H and O–H groups in total. The quantitative estimate of drug-likeness (QED) is 0.450. The summed E-state index contributed by atoms with van der Waals surface area (Å²) in [6, 6.07) is 9.09. The smallest absolute Gasteiger partial charge is 0.411 e. The van der Waals surface area contributed by atoms with Gasteiger partial charge in [0.15, 0.2) is 0 Å². The van der Waals surface area contributed by atoms with Crippen LogP contribution in [0.15, 0.2) is 47.1 Å². The highest BCUT2D eigenvalue weighted by molar-refractivity contribution is 5.84. The lowest BCUT2D eigenvalue weighted by atomic mass is 9.46. The Bertz CT molecular complexity index is 1060. The molecule has 2 aliphatic carbocycles. The monoisotopic (exact) mass is 502 g/mol. The zero-order chi connectivity index (χ0) is 25.9. The first-order chi connectivity index (χ1) is 17.2. The summed E-state index contributed by atoms with van der Waals surface area (Å²) in [6.07, 6.45) is 2.01. The van der Waals surface area contributed by atoms with Gasteiger partial charge in [-0.05, 0) is 73.3 Å². The van der Waals surface area contributed by atoms with Crippen molar-refractivity contribution >= 4 is 17.7 Å². The number of hydrogen-bond acceptors (Lipinski definition) is 6. The molecule has 1 aromatic carbocycles. The maximum atomic E-state index is 13.5. The molecule has 0 radical (unpaired) electrons. The number of aliphatic hydroxyl groups is 2. The molecule has 9 heteroatoms. The van der Waals surface area contributed by atoms with Crippen LogP contribution in [0.2, 0.25) is 0 Å². The third kappa shape index (κ3) is 5.27. The Morgan fingerprint density at radius 1 is 1.19 bits per heavy atom. The van der Waals surface area contributed by atoms with E-state index in [0.29, 0.717) is 31.4 Å². The number of carbonyl (C=O) groups excluding carboxylic acids is 2. The Kier molecular flexibility index (Phi) is 7.70. The summed E-state index contributed by atoms with van der Waals surface area (Å²) in [5.74, 6) is -0.376. The summed E-state index contributed by atoms with van der Waals surface area (Å²) in [5, 5.41) is 26.9. The molecule has 1 unspecified atom stereocenters. The topological polar surface area (TPSA) is 121 Å². The van der Waals surface area contributed by atoms with Crippen LogP contribution < -0.4 is 10.6 Å². The van der Waals surface area contributed by atoms with Gasteiger partial charge in [0.1, 0.15) is 17.7 Å². The Labute approximate surface area is 210 Å². The van der Waals surface area contributed by atoms with E-state index in [9.17, 15) is 24.2 Å². The van der Waals surface area contributed by atoms with Gasteiger partial charge >= 0.3 is 6.09 Å². The lowest BCUT2D eigenvalue weighted by molar-refractivity contribution is -0.185. The Balaban J connectivity index is 1.46. The minimum atomic E-state index is -0.769. The maximum absolute atomic E-state index is 13.5. The molecule has 4 rings (SSSR count). The molecular formula is C27H35FN2O6. The summed E-state index contributed by atoms with van der Waals surface area (Å²) in [7, 11) is 0. The highest BCUT2D eigenvalue weighted by Crippen LogP contribution is 2.61. The number of halogens is 1. The first kappa shape index (κ1) is 26.2. The van der Waals surface area contributed by atoms with Crippen LogP contribution in [0.25, 0.3) is 0 Å². The van der Waals surface area contributed by atoms with Gasteiger partial charge in [-0.15, -0.1) is 0 Å². The van der Waals surface area contributed by atoms with E-state index >= 15 is 0 Å². The number of nitrogens with one attached hydrogen (secondary N) is 2. The van der Waals surface area contributed by atoms with Crippen LogP contribution in [0.3, 0.4) is 0 Å². The largest absolute Gasteiger partial charge is 0.467 e. The molecule has 2 aromatic rings. The number of benzene rings is 1. The molecule has 8 nitrogen and oxygen atoms in total. The van der Waals surface area contributed by atoms with Crippen LogP contribution >= 0.6 is 0 Å². The number of rotatable bonds is 7. The number of amides is 2. The van der Waals surface area contributed by atoms with Gasteiger partial charge in [0, 0.05) is 17.5 Å². The molecule has 1 aromatic heterocycles. The summed E-state index contributed by atoms with van der Waals surface area (Å²) >= 11 is 0. The first-order valence-electron chi connectivity index (χ1n) is 12.5. The zero-order valence-corrected chi connectivity index (χ0v) is 20.7. The summed E-state index contributed by atoms with van der Waals surface area (Å²) < 4.78 is 24.5. The summed E-state index contributed by atoms with van der Waals surface area (Å²) in [4.78, 5) is 25.4. The predicted molar refractivity (Wildman–Crippen MR) is 130 cm³/mol. The van der Waals surface area contributed by atoms with Crippen molar-refractivity contribution in [1.82, 2.24) is 5.32 Å². The van der Waals surface area contributed by atoms with E-state index in [1.807, 2.05) is 6.92 Å². The highest BCUT2D eigenvalue weighted by Gasteiger charge is 2.60. The molecule has 2 saturated carbocycles. The molecule has 1 heterocycles. The summed E-state index contributed by atoms with van der Waals surface area (Å²) in [5.41, 5.74) is -0.918. The Morgan fingerprint density at radius 2 is 2.00 bits per heavy atom. The van der Waals surface area contributed by atoms with Crippen LogP contribution in [0, 0.1) is 28.5 Å². The minimum Gasteiger partial charge on any atom is -0.467 e. The molecule has 2 amide bonds. The van der Waals surface area contributed by atoms with Gasteiger partial charge in [-0.3, -0.25) is 10.1 Å². The average Bonchev–Trinajstić information content (AvgIpc) is 3.36. The van der Waals surface area contributed by atoms with Crippen molar-refractivity contribution in [2.75, 3.05) is 11.9 Å². The predicted octanol–water partition coefficient (Wildman–Crippen LogP) is 4.23. The average molecular weight is 503 g/mol. The van der Waals surface area contributed by atoms with Crippen LogP contribution in [-0.2, 0) is 16.1 Å². The molecule has 2 fully saturated rings. The fourth-order valence-corrected chi connectivity index (χ4v) is 6.49. The highest BCUT2D eigenvalue weighted by atomic mass is 19.1. The van der Waals surface area contributed by atoms with Crippen LogP contribution in [0.1, 0.15) is 51.7 Å². The van der Waals surface area contributed by atoms with Gasteiger partial charge in [-0.1, -0.05) is 19.9 Å². The van der Waals surface area contributed by atoms with Gasteiger partial charge in [0.25, 0.3) is 0 Å². The SMILES string of the molecule is C[C@]1(CO)C2CC[C@@H](O)[C@@H](CC(=O)NCc3ccco3)[C@]2(C)CC[C@H]1OC(=O)Nc1cccc(F)c1. The minimum absolute atomic E-state index is 0.0815. The molecular weight excluding hydrogens is 467 g/mol. The van der Waals surface area contributed by atoms with Crippen molar-refractivity contribution in [1.29, 1.82) is 0 Å². The Morgan fingerprint density at radius 3 is 2.69 bits per heavy atom. The van der Waals surface area contributed by atoms with Crippen LogP contribution in [-0.4, -0.2) is 41.0 Å². The van der Waals surface area contributed by atoms with E-state index in [-0.39, 0.29) is 43.0 Å². The fraction of sp³-hybridized carbons (Fsp3) is 0.556. The van der Waals surface area contributed by atoms with Crippen LogP contribution in [0.5, 0.6) is 0 Å². The number of furan rings is 1. The molecule has 2 aliphatic rings. The number of ether oxygens (including phenoxy) is 1. The first-order valence-corrected chi connectivity index (χ1v) is 12.5. The van der Waals surface area contributed by atoms with E-state index in [1.165, 1.54) is 18.2 Å². The van der Waals surface area contributed by atoms with E-state index in [2.05, 4.69) is 17.6 Å². The van der Waals surface area contributed by atoms with E-state index < -0.39 is 34.9 Å². The zero-order valence-electron chi connectivity index (χ0n) is 20.7. The molecule has 0 spiro atoms. The van der Waals surface area contributed by atoms with Crippen molar-refractivity contribution in [3.63, 3.8) is 0 Å². The number of fused-ring (bicyclic) bond motifs is 1. The van der Waals surface area contributed by atoms with Gasteiger partial charge in [-0.25, -0.2) is 9.18 Å². The van der Waals surface area contributed by atoms with Crippen molar-refractivity contribution in [2.24, 2.45) is 22.7 Å². The second-order valence-corrected chi connectivity index (χ2v) is 10.6. The molecule has 36 heavy (non-hydrogen) atoms.